The fraction of sp³-hybridized carbons (Fsp3) is 0.333. The second-order valence-corrected chi connectivity index (χ2v) is 6.01. The van der Waals surface area contributed by atoms with Crippen LogP contribution in [0.3, 0.4) is 0 Å². The van der Waals surface area contributed by atoms with Crippen molar-refractivity contribution in [1.82, 2.24) is 0 Å². The summed E-state index contributed by atoms with van der Waals surface area (Å²) in [5, 5.41) is 10.5. The zero-order valence-electron chi connectivity index (χ0n) is 11.2. The van der Waals surface area contributed by atoms with Gasteiger partial charge in [0, 0.05) is 0 Å². The maximum atomic E-state index is 10.5. The molecule has 1 saturated carbocycles. The quantitative estimate of drug-likeness (QED) is 0.815. The highest BCUT2D eigenvalue weighted by Crippen LogP contribution is 2.43. The average molecular weight is 250 g/mol. The van der Waals surface area contributed by atoms with Gasteiger partial charge in [0.25, 0.3) is 0 Å². The third-order valence-corrected chi connectivity index (χ3v) is 4.48. The van der Waals surface area contributed by atoms with Gasteiger partial charge in [0.1, 0.15) is 6.10 Å². The monoisotopic (exact) mass is 250 g/mol. The number of hydrogen-bond acceptors (Lipinski definition) is 1. The van der Waals surface area contributed by atoms with Gasteiger partial charge in [-0.1, -0.05) is 42.0 Å². The minimum atomic E-state index is -0.451. The van der Waals surface area contributed by atoms with Crippen molar-refractivity contribution in [3.63, 3.8) is 0 Å². The number of fused-ring (bicyclic) bond motifs is 2. The molecular formula is C18H18O. The fourth-order valence-corrected chi connectivity index (χ4v) is 3.24. The van der Waals surface area contributed by atoms with Crippen LogP contribution in [0.15, 0.2) is 36.4 Å². The van der Waals surface area contributed by atoms with Crippen LogP contribution in [0.25, 0.3) is 0 Å². The lowest BCUT2D eigenvalue weighted by Crippen LogP contribution is -2.13. The van der Waals surface area contributed by atoms with E-state index in [1.54, 1.807) is 0 Å². The Morgan fingerprint density at radius 2 is 1.63 bits per heavy atom. The van der Waals surface area contributed by atoms with E-state index in [4.69, 9.17) is 0 Å². The molecule has 1 heteroatoms. The minimum absolute atomic E-state index is 0.451. The number of aliphatic hydroxyl groups is 1. The van der Waals surface area contributed by atoms with Crippen LogP contribution < -0.4 is 0 Å². The number of aryl methyl sites for hydroxylation is 1. The summed E-state index contributed by atoms with van der Waals surface area (Å²) in [5.74, 6) is 0.779. The highest BCUT2D eigenvalue weighted by atomic mass is 16.3. The molecule has 2 aromatic rings. The van der Waals surface area contributed by atoms with E-state index in [1.165, 1.54) is 35.1 Å². The van der Waals surface area contributed by atoms with E-state index >= 15 is 0 Å². The van der Waals surface area contributed by atoms with Crippen LogP contribution in [0.1, 0.15) is 58.2 Å². The lowest BCUT2D eigenvalue weighted by molar-refractivity contribution is 0.215. The summed E-state index contributed by atoms with van der Waals surface area (Å²) >= 11 is 0. The Balaban J connectivity index is 1.82. The van der Waals surface area contributed by atoms with Crippen molar-refractivity contribution in [3.05, 3.63) is 69.8 Å². The molecule has 0 amide bonds. The normalized spacial score (nSPS) is 20.8. The van der Waals surface area contributed by atoms with Crippen molar-refractivity contribution in [2.24, 2.45) is 0 Å². The summed E-state index contributed by atoms with van der Waals surface area (Å²) in [6, 6.07) is 13.0. The molecule has 0 unspecified atom stereocenters. The van der Waals surface area contributed by atoms with Gasteiger partial charge in [-0.25, -0.2) is 0 Å². The first-order chi connectivity index (χ1) is 9.22. The van der Waals surface area contributed by atoms with Crippen LogP contribution in [0.4, 0.5) is 0 Å². The zero-order valence-corrected chi connectivity index (χ0v) is 11.2. The van der Waals surface area contributed by atoms with Crippen LogP contribution in [0.5, 0.6) is 0 Å². The molecule has 0 aromatic heterocycles. The lowest BCUT2D eigenvalue weighted by Gasteiger charge is -2.25. The Hall–Kier alpha value is -1.60. The van der Waals surface area contributed by atoms with Crippen LogP contribution in [0, 0.1) is 6.92 Å². The summed E-state index contributed by atoms with van der Waals surface area (Å²) in [7, 11) is 0. The average Bonchev–Trinajstić information content (AvgIpc) is 3.22. The van der Waals surface area contributed by atoms with Crippen LogP contribution in [0.2, 0.25) is 0 Å². The standard InChI is InChI=1S/C18H18O/c1-11-2-6-16-14(8-11)10-15-9-13(12-3-4-12)5-7-17(15)18(16)19/h2,5-9,12,18-19H,3-4,10H2,1H3/t18-/m1/s1. The Morgan fingerprint density at radius 3 is 2.37 bits per heavy atom. The second kappa shape index (κ2) is 3.94. The van der Waals surface area contributed by atoms with Gasteiger partial charge in [0.15, 0.2) is 0 Å². The fourth-order valence-electron chi connectivity index (χ4n) is 3.24. The van der Waals surface area contributed by atoms with Crippen molar-refractivity contribution < 1.29 is 5.11 Å². The van der Waals surface area contributed by atoms with Crippen LogP contribution in [-0.4, -0.2) is 5.11 Å². The lowest BCUT2D eigenvalue weighted by atomic mass is 9.82. The smallest absolute Gasteiger partial charge is 0.105 e. The SMILES string of the molecule is Cc1ccc2c(c1)Cc1cc(C3CC3)ccc1[C@@H]2O. The highest BCUT2D eigenvalue weighted by molar-refractivity contribution is 5.50. The first-order valence-electron chi connectivity index (χ1n) is 7.12. The van der Waals surface area contributed by atoms with Gasteiger partial charge < -0.3 is 5.11 Å². The molecule has 0 bridgehead atoms. The molecular weight excluding hydrogens is 232 g/mol. The minimum Gasteiger partial charge on any atom is -0.384 e. The van der Waals surface area contributed by atoms with Crippen molar-refractivity contribution >= 4 is 0 Å². The Bertz CT molecular complexity index is 653. The highest BCUT2D eigenvalue weighted by Gasteiger charge is 2.27. The topological polar surface area (TPSA) is 20.2 Å². The van der Waals surface area contributed by atoms with Gasteiger partial charge in [0.2, 0.25) is 0 Å². The zero-order chi connectivity index (χ0) is 13.0. The van der Waals surface area contributed by atoms with E-state index in [1.807, 2.05) is 0 Å². The molecule has 0 radical (unpaired) electrons. The molecule has 1 atom stereocenters. The van der Waals surface area contributed by atoms with Crippen molar-refractivity contribution in [1.29, 1.82) is 0 Å². The number of rotatable bonds is 1. The van der Waals surface area contributed by atoms with E-state index in [2.05, 4.69) is 43.3 Å². The Kier molecular flexibility index (Phi) is 2.33. The predicted molar refractivity (Wildman–Crippen MR) is 76.5 cm³/mol. The molecule has 2 aromatic carbocycles. The maximum absolute atomic E-state index is 10.5. The van der Waals surface area contributed by atoms with Gasteiger partial charge >= 0.3 is 0 Å². The molecule has 1 fully saturated rings. The summed E-state index contributed by atoms with van der Waals surface area (Å²) in [4.78, 5) is 0. The second-order valence-electron chi connectivity index (χ2n) is 6.01. The molecule has 4 rings (SSSR count). The third kappa shape index (κ3) is 1.81. The van der Waals surface area contributed by atoms with Gasteiger partial charge in [-0.3, -0.25) is 0 Å². The molecule has 96 valence electrons. The molecule has 0 saturated heterocycles. The Morgan fingerprint density at radius 1 is 0.947 bits per heavy atom. The molecule has 2 aliphatic carbocycles. The van der Waals surface area contributed by atoms with Gasteiger partial charge in [-0.15, -0.1) is 0 Å². The van der Waals surface area contributed by atoms with Gasteiger partial charge in [-0.2, -0.15) is 0 Å². The van der Waals surface area contributed by atoms with Crippen LogP contribution >= 0.6 is 0 Å². The van der Waals surface area contributed by atoms with Crippen LogP contribution in [-0.2, 0) is 6.42 Å². The maximum Gasteiger partial charge on any atom is 0.105 e. The number of aliphatic hydroxyl groups excluding tert-OH is 1. The van der Waals surface area contributed by atoms with Crippen molar-refractivity contribution in [2.75, 3.05) is 0 Å². The molecule has 19 heavy (non-hydrogen) atoms. The van der Waals surface area contributed by atoms with Gasteiger partial charge in [0.05, 0.1) is 0 Å². The molecule has 0 heterocycles. The van der Waals surface area contributed by atoms with Gasteiger partial charge in [-0.05, 0) is 59.9 Å². The van der Waals surface area contributed by atoms with E-state index in [-0.39, 0.29) is 0 Å². The Labute approximate surface area is 113 Å². The van der Waals surface area contributed by atoms with E-state index in [0.717, 1.165) is 23.5 Å². The predicted octanol–water partition coefficient (Wildman–Crippen LogP) is 3.86. The molecule has 0 aliphatic heterocycles. The first kappa shape index (κ1) is 11.2. The van der Waals surface area contributed by atoms with E-state index in [9.17, 15) is 5.11 Å². The van der Waals surface area contributed by atoms with Crippen molar-refractivity contribution in [3.8, 4) is 0 Å². The molecule has 0 spiro atoms. The van der Waals surface area contributed by atoms with E-state index in [0.29, 0.717) is 0 Å². The number of hydrogen-bond donors (Lipinski definition) is 1. The summed E-state index contributed by atoms with van der Waals surface area (Å²) in [6.07, 6.45) is 3.17. The summed E-state index contributed by atoms with van der Waals surface area (Å²) < 4.78 is 0. The number of benzene rings is 2. The van der Waals surface area contributed by atoms with Crippen molar-refractivity contribution in [2.45, 2.75) is 38.2 Å². The first-order valence-corrected chi connectivity index (χ1v) is 7.12. The van der Waals surface area contributed by atoms with E-state index < -0.39 is 6.10 Å². The third-order valence-electron chi connectivity index (χ3n) is 4.48. The molecule has 2 aliphatic rings. The molecule has 1 N–H and O–H groups in total. The summed E-state index contributed by atoms with van der Waals surface area (Å²) in [5.41, 5.74) is 7.51. The largest absolute Gasteiger partial charge is 0.384 e. The summed E-state index contributed by atoms with van der Waals surface area (Å²) in [6.45, 7) is 2.11. The molecule has 1 nitrogen and oxygen atoms in total.